The van der Waals surface area contributed by atoms with Gasteiger partial charge in [0.2, 0.25) is 0 Å². The van der Waals surface area contributed by atoms with Crippen LogP contribution in [0.2, 0.25) is 0 Å². The van der Waals surface area contributed by atoms with E-state index in [0.717, 1.165) is 10.2 Å². The van der Waals surface area contributed by atoms with Crippen LogP contribution in [0, 0.1) is 0 Å². The number of methoxy groups -OCH3 is 2. The van der Waals surface area contributed by atoms with E-state index < -0.39 is 0 Å². The van der Waals surface area contributed by atoms with Gasteiger partial charge in [-0.15, -0.1) is 0 Å². The third-order valence-electron chi connectivity index (χ3n) is 4.28. The van der Waals surface area contributed by atoms with Crippen molar-refractivity contribution in [3.05, 3.63) is 72.2 Å². The highest BCUT2D eigenvalue weighted by Crippen LogP contribution is 2.35. The number of benzene rings is 2. The van der Waals surface area contributed by atoms with Crippen molar-refractivity contribution < 1.29 is 18.7 Å². The molecule has 0 saturated carbocycles. The summed E-state index contributed by atoms with van der Waals surface area (Å²) in [5.41, 5.74) is 1.24. The van der Waals surface area contributed by atoms with Crippen LogP contribution in [-0.2, 0) is 6.54 Å². The van der Waals surface area contributed by atoms with Crippen molar-refractivity contribution >= 4 is 32.6 Å². The Hall–Kier alpha value is -3.32. The Kier molecular flexibility index (Phi) is 4.99. The largest absolute Gasteiger partial charge is 0.497 e. The SMILES string of the molecule is COc1cccc(C(=O)N(Cc2ccco2)c2nc3c(OC)cccc3s2)c1. The Labute approximate surface area is 165 Å². The summed E-state index contributed by atoms with van der Waals surface area (Å²) in [6, 6.07) is 16.4. The number of carbonyl (C=O) groups excluding carboxylic acids is 1. The fraction of sp³-hybridized carbons (Fsp3) is 0.143. The third kappa shape index (κ3) is 3.44. The molecule has 28 heavy (non-hydrogen) atoms. The number of hydrogen-bond acceptors (Lipinski definition) is 6. The minimum atomic E-state index is -0.187. The van der Waals surface area contributed by atoms with Crippen LogP contribution in [0.15, 0.2) is 65.3 Å². The summed E-state index contributed by atoms with van der Waals surface area (Å²) in [6.07, 6.45) is 1.59. The Morgan fingerprint density at radius 3 is 2.71 bits per heavy atom. The number of amides is 1. The Morgan fingerprint density at radius 2 is 1.96 bits per heavy atom. The van der Waals surface area contributed by atoms with Crippen LogP contribution in [-0.4, -0.2) is 25.1 Å². The second-order valence-electron chi connectivity index (χ2n) is 6.01. The fourth-order valence-electron chi connectivity index (χ4n) is 2.89. The summed E-state index contributed by atoms with van der Waals surface area (Å²) in [5, 5.41) is 0.573. The van der Waals surface area contributed by atoms with E-state index in [1.54, 1.807) is 55.7 Å². The number of fused-ring (bicyclic) bond motifs is 1. The van der Waals surface area contributed by atoms with Crippen molar-refractivity contribution in [3.63, 3.8) is 0 Å². The number of aromatic nitrogens is 1. The van der Waals surface area contributed by atoms with Gasteiger partial charge in [-0.05, 0) is 42.5 Å². The van der Waals surface area contributed by atoms with Crippen molar-refractivity contribution in [2.24, 2.45) is 0 Å². The minimum Gasteiger partial charge on any atom is -0.497 e. The molecule has 4 rings (SSSR count). The zero-order valence-electron chi connectivity index (χ0n) is 15.4. The summed E-state index contributed by atoms with van der Waals surface area (Å²) in [6.45, 7) is 0.269. The molecule has 0 fully saturated rings. The van der Waals surface area contributed by atoms with Crippen LogP contribution in [0.4, 0.5) is 5.13 Å². The van der Waals surface area contributed by atoms with Gasteiger partial charge in [-0.2, -0.15) is 0 Å². The molecule has 0 spiro atoms. The summed E-state index contributed by atoms with van der Waals surface area (Å²) >= 11 is 1.43. The molecule has 0 aliphatic rings. The molecule has 4 aromatic rings. The number of rotatable bonds is 6. The number of furan rings is 1. The van der Waals surface area contributed by atoms with Crippen molar-refractivity contribution in [1.82, 2.24) is 4.98 Å². The van der Waals surface area contributed by atoms with Gasteiger partial charge in [-0.3, -0.25) is 9.69 Å². The molecule has 6 nitrogen and oxygen atoms in total. The van der Waals surface area contributed by atoms with Crippen molar-refractivity contribution in [2.75, 3.05) is 19.1 Å². The lowest BCUT2D eigenvalue weighted by Crippen LogP contribution is -2.30. The summed E-state index contributed by atoms with van der Waals surface area (Å²) in [5.74, 6) is 1.78. The molecule has 2 heterocycles. The molecule has 0 aliphatic heterocycles. The maximum atomic E-state index is 13.3. The zero-order valence-corrected chi connectivity index (χ0v) is 16.2. The molecule has 2 aromatic carbocycles. The Balaban J connectivity index is 1.78. The number of carbonyl (C=O) groups is 1. The number of ether oxygens (including phenoxy) is 2. The number of nitrogens with zero attached hydrogens (tertiary/aromatic N) is 2. The van der Waals surface area contributed by atoms with E-state index in [2.05, 4.69) is 4.98 Å². The van der Waals surface area contributed by atoms with E-state index in [1.165, 1.54) is 11.3 Å². The standard InChI is InChI=1S/C21H18N2O4S/c1-25-15-7-3-6-14(12-15)20(24)23(13-16-8-5-11-27-16)21-22-19-17(26-2)9-4-10-18(19)28-21/h3-12H,13H2,1-2H3. The molecule has 0 aliphatic carbocycles. The molecule has 7 heteroatoms. The Morgan fingerprint density at radius 1 is 1.11 bits per heavy atom. The second kappa shape index (κ2) is 7.74. The van der Waals surface area contributed by atoms with E-state index in [9.17, 15) is 4.79 Å². The van der Waals surface area contributed by atoms with E-state index in [-0.39, 0.29) is 12.5 Å². The molecule has 0 saturated heterocycles. The topological polar surface area (TPSA) is 64.8 Å². The lowest BCUT2D eigenvalue weighted by molar-refractivity contribution is 0.0983. The van der Waals surface area contributed by atoms with Crippen molar-refractivity contribution in [3.8, 4) is 11.5 Å². The average molecular weight is 394 g/mol. The van der Waals surface area contributed by atoms with Gasteiger partial charge in [0.05, 0.1) is 31.7 Å². The summed E-state index contributed by atoms with van der Waals surface area (Å²) in [4.78, 5) is 19.6. The highest BCUT2D eigenvalue weighted by atomic mass is 32.1. The van der Waals surface area contributed by atoms with Gasteiger partial charge in [-0.1, -0.05) is 23.5 Å². The number of para-hydroxylation sites is 1. The van der Waals surface area contributed by atoms with Crippen molar-refractivity contribution in [2.45, 2.75) is 6.54 Å². The van der Waals surface area contributed by atoms with Crippen LogP contribution < -0.4 is 14.4 Å². The first-order valence-corrected chi connectivity index (χ1v) is 9.43. The zero-order chi connectivity index (χ0) is 19.5. The molecule has 0 radical (unpaired) electrons. The molecule has 2 aromatic heterocycles. The average Bonchev–Trinajstić information content (AvgIpc) is 3.40. The predicted octanol–water partition coefficient (Wildman–Crippen LogP) is 4.75. The highest BCUT2D eigenvalue weighted by molar-refractivity contribution is 7.22. The first-order chi connectivity index (χ1) is 13.7. The van der Waals surface area contributed by atoms with Gasteiger partial charge < -0.3 is 13.9 Å². The smallest absolute Gasteiger partial charge is 0.260 e. The van der Waals surface area contributed by atoms with Gasteiger partial charge >= 0.3 is 0 Å². The van der Waals surface area contributed by atoms with Crippen LogP contribution in [0.5, 0.6) is 11.5 Å². The van der Waals surface area contributed by atoms with Crippen LogP contribution in [0.3, 0.4) is 0 Å². The molecule has 142 valence electrons. The van der Waals surface area contributed by atoms with E-state index in [1.807, 2.05) is 24.3 Å². The minimum absolute atomic E-state index is 0.187. The van der Waals surface area contributed by atoms with E-state index in [0.29, 0.717) is 28.0 Å². The quantitative estimate of drug-likeness (QED) is 0.472. The van der Waals surface area contributed by atoms with Crippen LogP contribution >= 0.6 is 11.3 Å². The van der Waals surface area contributed by atoms with Gasteiger partial charge in [0.1, 0.15) is 22.8 Å². The van der Waals surface area contributed by atoms with Gasteiger partial charge in [0.15, 0.2) is 5.13 Å². The molecular formula is C21H18N2O4S. The molecule has 0 N–H and O–H groups in total. The first-order valence-electron chi connectivity index (χ1n) is 8.61. The maximum Gasteiger partial charge on any atom is 0.260 e. The van der Waals surface area contributed by atoms with Gasteiger partial charge in [0, 0.05) is 5.56 Å². The monoisotopic (exact) mass is 394 g/mol. The molecular weight excluding hydrogens is 376 g/mol. The lowest BCUT2D eigenvalue weighted by Gasteiger charge is -2.19. The summed E-state index contributed by atoms with van der Waals surface area (Å²) < 4.78 is 17.1. The lowest BCUT2D eigenvalue weighted by atomic mass is 10.2. The number of hydrogen-bond donors (Lipinski definition) is 0. The molecule has 1 amide bonds. The van der Waals surface area contributed by atoms with Crippen molar-refractivity contribution in [1.29, 1.82) is 0 Å². The third-order valence-corrected chi connectivity index (χ3v) is 5.32. The first kappa shape index (κ1) is 18.1. The molecule has 0 atom stereocenters. The molecule has 0 unspecified atom stereocenters. The van der Waals surface area contributed by atoms with Gasteiger partial charge in [0.25, 0.3) is 5.91 Å². The maximum absolute atomic E-state index is 13.3. The highest BCUT2D eigenvalue weighted by Gasteiger charge is 2.24. The Bertz CT molecular complexity index is 1100. The van der Waals surface area contributed by atoms with E-state index in [4.69, 9.17) is 13.9 Å². The van der Waals surface area contributed by atoms with Crippen LogP contribution in [0.1, 0.15) is 16.1 Å². The van der Waals surface area contributed by atoms with Crippen LogP contribution in [0.25, 0.3) is 10.2 Å². The predicted molar refractivity (Wildman–Crippen MR) is 108 cm³/mol. The number of thiazole rings is 1. The number of anilines is 1. The normalized spacial score (nSPS) is 10.8. The molecule has 0 bridgehead atoms. The van der Waals surface area contributed by atoms with Gasteiger partial charge in [-0.25, -0.2) is 4.98 Å². The fourth-order valence-corrected chi connectivity index (χ4v) is 3.87. The second-order valence-corrected chi connectivity index (χ2v) is 7.02. The summed E-state index contributed by atoms with van der Waals surface area (Å²) in [7, 11) is 3.18. The van der Waals surface area contributed by atoms with E-state index >= 15 is 0 Å².